The van der Waals surface area contributed by atoms with Gasteiger partial charge >= 0.3 is 12.1 Å². The fourth-order valence-electron chi connectivity index (χ4n) is 1.40. The van der Waals surface area contributed by atoms with Crippen molar-refractivity contribution >= 4 is 11.6 Å². The van der Waals surface area contributed by atoms with Crippen molar-refractivity contribution in [3.8, 4) is 0 Å². The number of nitrogens with zero attached hydrogens (tertiary/aromatic N) is 5. The predicted octanol–water partition coefficient (Wildman–Crippen LogP) is -1.08. The number of carbonyl (C=O) groups is 1. The Balaban J connectivity index is 2.27. The number of rotatable bonds is 4. The molecular weight excluding hydrogens is 285 g/mol. The number of primary amides is 1. The zero-order valence-electron chi connectivity index (χ0n) is 9.66. The molecule has 0 aromatic carbocycles. The summed E-state index contributed by atoms with van der Waals surface area (Å²) in [5.41, 5.74) is 3.76. The fourth-order valence-corrected chi connectivity index (χ4v) is 1.40. The van der Waals surface area contributed by atoms with E-state index in [0.717, 1.165) is 10.7 Å². The van der Waals surface area contributed by atoms with Crippen molar-refractivity contribution in [1.82, 2.24) is 24.4 Å². The van der Waals surface area contributed by atoms with Crippen LogP contribution < -0.4 is 11.4 Å². The minimum absolute atomic E-state index is 0.171. The van der Waals surface area contributed by atoms with E-state index in [9.17, 15) is 22.8 Å². The molecule has 1 amide bonds. The zero-order valence-corrected chi connectivity index (χ0v) is 9.66. The molecule has 2 heterocycles. The van der Waals surface area contributed by atoms with Crippen LogP contribution in [0.4, 0.5) is 13.2 Å². The summed E-state index contributed by atoms with van der Waals surface area (Å²) >= 11 is 0. The molecule has 2 aromatic heterocycles. The predicted molar refractivity (Wildman–Crippen MR) is 55.6 cm³/mol. The molecule has 2 aromatic rings. The minimum Gasteiger partial charge on any atom is -0.364 e. The van der Waals surface area contributed by atoms with Gasteiger partial charge in [0.05, 0.1) is 13.2 Å². The first-order chi connectivity index (χ1) is 9.29. The summed E-state index contributed by atoms with van der Waals surface area (Å²) in [4.78, 5) is 26.4. The van der Waals surface area contributed by atoms with E-state index in [0.29, 0.717) is 4.68 Å². The molecular formula is C8H7F3N6O3. The quantitative estimate of drug-likeness (QED) is 0.766. The Hall–Kier alpha value is -2.50. The van der Waals surface area contributed by atoms with Gasteiger partial charge in [-0.05, 0) is 0 Å². The lowest BCUT2D eigenvalue weighted by molar-refractivity contribution is -0.325. The Kier molecular flexibility index (Phi) is 3.40. The summed E-state index contributed by atoms with van der Waals surface area (Å²) in [6.45, 7) is -1.27. The number of imidazole rings is 1. The van der Waals surface area contributed by atoms with Gasteiger partial charge in [0.15, 0.2) is 11.3 Å². The number of fused-ring (bicyclic) bond motifs is 1. The van der Waals surface area contributed by atoms with Gasteiger partial charge in [0.1, 0.15) is 6.33 Å². The molecule has 2 N–H and O–H groups in total. The van der Waals surface area contributed by atoms with Crippen LogP contribution in [0.15, 0.2) is 11.1 Å². The first kappa shape index (κ1) is 13.9. The molecule has 0 spiro atoms. The Morgan fingerprint density at radius 2 is 2.15 bits per heavy atom. The molecule has 12 heteroatoms. The largest absolute Gasteiger partial charge is 0.522 e. The van der Waals surface area contributed by atoms with Gasteiger partial charge in [-0.15, -0.1) is 18.3 Å². The second kappa shape index (κ2) is 4.88. The van der Waals surface area contributed by atoms with Crippen LogP contribution >= 0.6 is 0 Å². The summed E-state index contributed by atoms with van der Waals surface area (Å²) in [6, 6.07) is 0. The van der Waals surface area contributed by atoms with Gasteiger partial charge in [-0.1, -0.05) is 5.21 Å². The van der Waals surface area contributed by atoms with E-state index in [1.807, 2.05) is 0 Å². The third kappa shape index (κ3) is 2.74. The third-order valence-corrected chi connectivity index (χ3v) is 2.22. The zero-order chi connectivity index (χ0) is 14.9. The van der Waals surface area contributed by atoms with Gasteiger partial charge < -0.3 is 5.73 Å². The lowest BCUT2D eigenvalue weighted by Gasteiger charge is -2.07. The van der Waals surface area contributed by atoms with Crippen molar-refractivity contribution in [2.24, 2.45) is 5.73 Å². The average molecular weight is 292 g/mol. The maximum atomic E-state index is 11.8. The van der Waals surface area contributed by atoms with Crippen molar-refractivity contribution in [3.63, 3.8) is 0 Å². The van der Waals surface area contributed by atoms with Gasteiger partial charge in [-0.25, -0.2) is 14.2 Å². The first-order valence-electron chi connectivity index (χ1n) is 5.11. The van der Waals surface area contributed by atoms with Gasteiger partial charge in [0.25, 0.3) is 5.91 Å². The van der Waals surface area contributed by atoms with Crippen molar-refractivity contribution in [3.05, 3.63) is 22.5 Å². The van der Waals surface area contributed by atoms with Gasteiger partial charge in [-0.2, -0.15) is 4.68 Å². The lowest BCUT2D eigenvalue weighted by atomic mass is 10.4. The van der Waals surface area contributed by atoms with Gasteiger partial charge in [0.2, 0.25) is 0 Å². The first-order valence-corrected chi connectivity index (χ1v) is 5.11. The summed E-state index contributed by atoms with van der Waals surface area (Å²) in [5.74, 6) is -0.903. The van der Waals surface area contributed by atoms with Gasteiger partial charge in [0, 0.05) is 0 Å². The number of alkyl halides is 3. The highest BCUT2D eigenvalue weighted by atomic mass is 19.4. The smallest absolute Gasteiger partial charge is 0.364 e. The molecule has 0 fully saturated rings. The molecule has 2 rings (SSSR count). The highest BCUT2D eigenvalue weighted by molar-refractivity contribution is 5.96. The molecule has 0 unspecified atom stereocenters. The van der Waals surface area contributed by atoms with Gasteiger partial charge in [-0.3, -0.25) is 9.53 Å². The van der Waals surface area contributed by atoms with E-state index in [1.54, 1.807) is 0 Å². The third-order valence-electron chi connectivity index (χ3n) is 2.22. The summed E-state index contributed by atoms with van der Waals surface area (Å²) < 4.78 is 40.4. The van der Waals surface area contributed by atoms with Crippen LogP contribution in [0.25, 0.3) is 5.65 Å². The van der Waals surface area contributed by atoms with Crippen molar-refractivity contribution in [1.29, 1.82) is 0 Å². The Bertz CT molecular complexity index is 706. The molecule has 0 saturated heterocycles. The number of halogens is 3. The monoisotopic (exact) mass is 292 g/mol. The van der Waals surface area contributed by atoms with Crippen molar-refractivity contribution in [2.45, 2.75) is 12.9 Å². The van der Waals surface area contributed by atoms with Crippen LogP contribution in [0.3, 0.4) is 0 Å². The van der Waals surface area contributed by atoms with Crippen LogP contribution in [-0.4, -0.2) is 43.3 Å². The fraction of sp³-hybridized carbons (Fsp3) is 0.375. The van der Waals surface area contributed by atoms with Crippen LogP contribution in [-0.2, 0) is 11.3 Å². The lowest BCUT2D eigenvalue weighted by Crippen LogP contribution is -2.32. The molecule has 0 radical (unpaired) electrons. The van der Waals surface area contributed by atoms with Crippen LogP contribution in [0.1, 0.15) is 10.5 Å². The SMILES string of the molecule is NC(=O)c1ncn2c(=O)n(CCOC(F)(F)F)nnc12. The second-order valence-corrected chi connectivity index (χ2v) is 3.54. The summed E-state index contributed by atoms with van der Waals surface area (Å²) in [7, 11) is 0. The Labute approximate surface area is 107 Å². The summed E-state index contributed by atoms with van der Waals surface area (Å²) in [6.07, 6.45) is -3.82. The molecule has 0 saturated carbocycles. The molecule has 0 atom stereocenters. The van der Waals surface area contributed by atoms with E-state index < -0.39 is 31.1 Å². The molecule has 0 bridgehead atoms. The maximum absolute atomic E-state index is 11.8. The maximum Gasteiger partial charge on any atom is 0.522 e. The standard InChI is InChI=1S/C8H7F3N6O3/c9-8(10,11)20-2-1-17-7(19)16-3-13-4(5(12)18)6(16)14-15-17/h3H,1-2H2,(H2,12,18). The number of carbonyl (C=O) groups excluding carboxylic acids is 1. The van der Waals surface area contributed by atoms with Crippen LogP contribution in [0, 0.1) is 0 Å². The number of hydrogen-bond acceptors (Lipinski definition) is 6. The molecule has 0 aliphatic rings. The second-order valence-electron chi connectivity index (χ2n) is 3.54. The Morgan fingerprint density at radius 3 is 2.75 bits per heavy atom. The number of aromatic nitrogens is 5. The van der Waals surface area contributed by atoms with E-state index >= 15 is 0 Å². The van der Waals surface area contributed by atoms with E-state index in [1.165, 1.54) is 0 Å². The molecule has 20 heavy (non-hydrogen) atoms. The van der Waals surface area contributed by atoms with E-state index in [4.69, 9.17) is 5.73 Å². The van der Waals surface area contributed by atoms with Crippen LogP contribution in [0.2, 0.25) is 0 Å². The molecule has 108 valence electrons. The minimum atomic E-state index is -4.80. The number of hydrogen-bond donors (Lipinski definition) is 1. The number of nitrogens with two attached hydrogens (primary N) is 1. The van der Waals surface area contributed by atoms with Crippen LogP contribution in [0.5, 0.6) is 0 Å². The normalized spacial score (nSPS) is 11.9. The molecule has 0 aliphatic carbocycles. The number of amides is 1. The molecule has 0 aliphatic heterocycles. The highest BCUT2D eigenvalue weighted by Gasteiger charge is 2.28. The van der Waals surface area contributed by atoms with Crippen molar-refractivity contribution in [2.75, 3.05) is 6.61 Å². The van der Waals surface area contributed by atoms with E-state index in [2.05, 4.69) is 20.0 Å². The topological polar surface area (TPSA) is 117 Å². The highest BCUT2D eigenvalue weighted by Crippen LogP contribution is 2.15. The van der Waals surface area contributed by atoms with E-state index in [-0.39, 0.29) is 11.3 Å². The average Bonchev–Trinajstić information content (AvgIpc) is 2.75. The number of ether oxygens (including phenoxy) is 1. The molecule has 9 nitrogen and oxygen atoms in total. The summed E-state index contributed by atoms with van der Waals surface area (Å²) in [5, 5.41) is 6.89. The Morgan fingerprint density at radius 1 is 1.45 bits per heavy atom. The van der Waals surface area contributed by atoms with Crippen molar-refractivity contribution < 1.29 is 22.7 Å².